The molecule has 2 aromatic rings. The minimum Gasteiger partial charge on any atom is -0.496 e. The number of carbonyl (C=O) groups is 1. The van der Waals surface area contributed by atoms with Crippen LogP contribution in [0.3, 0.4) is 0 Å². The summed E-state index contributed by atoms with van der Waals surface area (Å²) < 4.78 is 44.7. The normalized spacial score (nSPS) is 14.2. The number of oxime groups is 1. The van der Waals surface area contributed by atoms with Crippen LogP contribution in [0.4, 0.5) is 23.7 Å². The minimum atomic E-state index is -4.56. The number of halogens is 3. The van der Waals surface area contributed by atoms with Gasteiger partial charge in [0.1, 0.15) is 12.4 Å². The molecule has 3 N–H and O–H groups in total. The van der Waals surface area contributed by atoms with E-state index in [0.29, 0.717) is 11.6 Å². The summed E-state index contributed by atoms with van der Waals surface area (Å²) >= 11 is 0. The van der Waals surface area contributed by atoms with Crippen LogP contribution in [-0.4, -0.2) is 30.9 Å². The van der Waals surface area contributed by atoms with Gasteiger partial charge in [-0.15, -0.1) is 0 Å². The van der Waals surface area contributed by atoms with E-state index >= 15 is 0 Å². The summed E-state index contributed by atoms with van der Waals surface area (Å²) in [6.45, 7) is 1.59. The van der Waals surface area contributed by atoms with Gasteiger partial charge in [0.25, 0.3) is 0 Å². The fourth-order valence-electron chi connectivity index (χ4n) is 3.26. The number of anilines is 1. The Morgan fingerprint density at radius 3 is 2.59 bits per heavy atom. The molecule has 0 heterocycles. The summed E-state index contributed by atoms with van der Waals surface area (Å²) in [7, 11) is 2.61. The average Bonchev–Trinajstić information content (AvgIpc) is 3.58. The Kier molecular flexibility index (Phi) is 6.93. The van der Waals surface area contributed by atoms with Crippen LogP contribution in [-0.2, 0) is 17.6 Å². The molecule has 1 aliphatic rings. The number of urea groups is 1. The molecule has 0 bridgehead atoms. The second-order valence-electron chi connectivity index (χ2n) is 7.55. The molecule has 7 nitrogen and oxygen atoms in total. The first-order valence-corrected chi connectivity index (χ1v) is 9.95. The van der Waals surface area contributed by atoms with Gasteiger partial charge in [0.15, 0.2) is 0 Å². The van der Waals surface area contributed by atoms with Gasteiger partial charge in [0.05, 0.1) is 18.4 Å². The molecule has 2 amide bonds. The van der Waals surface area contributed by atoms with Gasteiger partial charge in [-0.3, -0.25) is 5.01 Å². The standard InChI is InChI=1S/C22H25F3N4O3/c1-13(15-9-10-20(31-3)18(11-15)22(23,24)25)28-32-12-17-16(14-7-8-14)5-4-6-19(17)27-21(30)29(2)26/h4-6,9-11,14H,7-8,12,26H2,1-3H3,(H,27,30)/b28-13+. The number of hydrogen-bond acceptors (Lipinski definition) is 5. The van der Waals surface area contributed by atoms with E-state index in [1.54, 1.807) is 13.0 Å². The third-order valence-corrected chi connectivity index (χ3v) is 5.12. The molecule has 1 aliphatic carbocycles. The molecule has 1 saturated carbocycles. The van der Waals surface area contributed by atoms with Crippen LogP contribution in [0.5, 0.6) is 5.75 Å². The Bertz CT molecular complexity index is 1020. The van der Waals surface area contributed by atoms with E-state index in [0.717, 1.165) is 35.0 Å². The Morgan fingerprint density at radius 2 is 2.00 bits per heavy atom. The minimum absolute atomic E-state index is 0.0379. The molecule has 0 spiro atoms. The van der Waals surface area contributed by atoms with Crippen molar-refractivity contribution >= 4 is 17.4 Å². The number of nitrogens with zero attached hydrogens (tertiary/aromatic N) is 2. The molecule has 0 atom stereocenters. The maximum atomic E-state index is 13.3. The zero-order valence-corrected chi connectivity index (χ0v) is 18.0. The Morgan fingerprint density at radius 1 is 1.28 bits per heavy atom. The lowest BCUT2D eigenvalue weighted by Crippen LogP contribution is -2.37. The number of alkyl halides is 3. The van der Waals surface area contributed by atoms with E-state index in [-0.39, 0.29) is 23.6 Å². The van der Waals surface area contributed by atoms with Crippen molar-refractivity contribution in [3.63, 3.8) is 0 Å². The van der Waals surface area contributed by atoms with Gasteiger partial charge in [0, 0.05) is 18.3 Å². The summed E-state index contributed by atoms with van der Waals surface area (Å²) in [6, 6.07) is 8.76. The Balaban J connectivity index is 1.82. The zero-order chi connectivity index (χ0) is 23.5. The van der Waals surface area contributed by atoms with Crippen molar-refractivity contribution in [3.05, 3.63) is 58.7 Å². The number of methoxy groups -OCH3 is 1. The lowest BCUT2D eigenvalue weighted by molar-refractivity contribution is -0.138. The van der Waals surface area contributed by atoms with Crippen LogP contribution in [0, 0.1) is 0 Å². The molecule has 0 aliphatic heterocycles. The second-order valence-corrected chi connectivity index (χ2v) is 7.55. The van der Waals surface area contributed by atoms with Gasteiger partial charge in [-0.25, -0.2) is 10.6 Å². The summed E-state index contributed by atoms with van der Waals surface area (Å²) in [5.41, 5.74) is 1.99. The van der Waals surface area contributed by atoms with Gasteiger partial charge >= 0.3 is 12.2 Å². The molecule has 3 rings (SSSR count). The van der Waals surface area contributed by atoms with Gasteiger partial charge in [-0.1, -0.05) is 17.3 Å². The number of carbonyl (C=O) groups excluding carboxylic acids is 1. The van der Waals surface area contributed by atoms with E-state index < -0.39 is 17.8 Å². The van der Waals surface area contributed by atoms with Crippen molar-refractivity contribution in [1.29, 1.82) is 0 Å². The third-order valence-electron chi connectivity index (χ3n) is 5.12. The van der Waals surface area contributed by atoms with E-state index in [4.69, 9.17) is 15.4 Å². The van der Waals surface area contributed by atoms with Crippen LogP contribution >= 0.6 is 0 Å². The number of ether oxygens (including phenoxy) is 1. The van der Waals surface area contributed by atoms with E-state index in [9.17, 15) is 18.0 Å². The van der Waals surface area contributed by atoms with E-state index in [1.807, 2.05) is 12.1 Å². The molecule has 32 heavy (non-hydrogen) atoms. The molecule has 1 fully saturated rings. The Labute approximate surface area is 183 Å². The smallest absolute Gasteiger partial charge is 0.419 e. The maximum Gasteiger partial charge on any atom is 0.419 e. The monoisotopic (exact) mass is 450 g/mol. The summed E-state index contributed by atoms with van der Waals surface area (Å²) in [4.78, 5) is 17.5. The van der Waals surface area contributed by atoms with Crippen LogP contribution in [0.1, 0.15) is 47.9 Å². The number of hydrogen-bond donors (Lipinski definition) is 2. The highest BCUT2D eigenvalue weighted by molar-refractivity contribution is 5.98. The first-order valence-electron chi connectivity index (χ1n) is 9.95. The fraction of sp³-hybridized carbons (Fsp3) is 0.364. The number of nitrogens with two attached hydrogens (primary N) is 1. The van der Waals surface area contributed by atoms with Gasteiger partial charge in [-0.2, -0.15) is 13.2 Å². The van der Waals surface area contributed by atoms with Crippen LogP contribution in [0.15, 0.2) is 41.6 Å². The average molecular weight is 450 g/mol. The molecule has 0 aromatic heterocycles. The highest BCUT2D eigenvalue weighted by Gasteiger charge is 2.34. The highest BCUT2D eigenvalue weighted by Crippen LogP contribution is 2.43. The van der Waals surface area contributed by atoms with Gasteiger partial charge in [-0.05, 0) is 61.1 Å². The van der Waals surface area contributed by atoms with Crippen LogP contribution in [0.2, 0.25) is 0 Å². The summed E-state index contributed by atoms with van der Waals surface area (Å²) in [5, 5.41) is 7.67. The Hall–Kier alpha value is -3.27. The maximum absolute atomic E-state index is 13.3. The summed E-state index contributed by atoms with van der Waals surface area (Å²) in [6.07, 6.45) is -2.49. The van der Waals surface area contributed by atoms with Crippen molar-refractivity contribution in [2.45, 2.75) is 38.5 Å². The first kappa shape index (κ1) is 23.4. The topological polar surface area (TPSA) is 89.2 Å². The predicted molar refractivity (Wildman–Crippen MR) is 114 cm³/mol. The third kappa shape index (κ3) is 5.50. The quantitative estimate of drug-likeness (QED) is 0.273. The van der Waals surface area contributed by atoms with Gasteiger partial charge in [0.2, 0.25) is 0 Å². The molecule has 0 radical (unpaired) electrons. The molecule has 2 aromatic carbocycles. The van der Waals surface area contributed by atoms with Crippen molar-refractivity contribution in [1.82, 2.24) is 5.01 Å². The van der Waals surface area contributed by atoms with Gasteiger partial charge < -0.3 is 14.9 Å². The highest BCUT2D eigenvalue weighted by atomic mass is 19.4. The molecular weight excluding hydrogens is 425 g/mol. The molecular formula is C22H25F3N4O3. The number of benzene rings is 2. The van der Waals surface area contributed by atoms with Crippen molar-refractivity contribution in [3.8, 4) is 5.75 Å². The summed E-state index contributed by atoms with van der Waals surface area (Å²) in [5.74, 6) is 5.60. The lowest BCUT2D eigenvalue weighted by Gasteiger charge is -2.17. The molecule has 10 heteroatoms. The number of rotatable bonds is 7. The zero-order valence-electron chi connectivity index (χ0n) is 18.0. The largest absolute Gasteiger partial charge is 0.496 e. The first-order chi connectivity index (χ1) is 15.1. The van der Waals surface area contributed by atoms with Crippen molar-refractivity contribution < 1.29 is 27.5 Å². The SMILES string of the molecule is COc1ccc(/C(C)=N/OCc2c(NC(=O)N(C)N)cccc2C2CC2)cc1C(F)(F)F. The number of hydrazine groups is 1. The predicted octanol–water partition coefficient (Wildman–Crippen LogP) is 4.87. The molecule has 0 saturated heterocycles. The second kappa shape index (κ2) is 9.47. The number of nitrogens with one attached hydrogen (secondary N) is 1. The van der Waals surface area contributed by atoms with Crippen LogP contribution < -0.4 is 15.9 Å². The number of amides is 2. The van der Waals surface area contributed by atoms with Crippen molar-refractivity contribution in [2.75, 3.05) is 19.5 Å². The fourth-order valence-corrected chi connectivity index (χ4v) is 3.26. The van der Waals surface area contributed by atoms with Crippen molar-refractivity contribution in [2.24, 2.45) is 11.0 Å². The van der Waals surface area contributed by atoms with E-state index in [1.165, 1.54) is 26.3 Å². The van der Waals surface area contributed by atoms with Crippen LogP contribution in [0.25, 0.3) is 0 Å². The molecule has 172 valence electrons. The molecule has 0 unspecified atom stereocenters. The van der Waals surface area contributed by atoms with E-state index in [2.05, 4.69) is 10.5 Å². The lowest BCUT2D eigenvalue weighted by atomic mass is 10.0.